The van der Waals surface area contributed by atoms with Gasteiger partial charge in [0.1, 0.15) is 12.7 Å². The van der Waals surface area contributed by atoms with Gasteiger partial charge in [-0.1, -0.05) is 53.2 Å². The normalized spacial score (nSPS) is 11.4. The Morgan fingerprint density at radius 3 is 2.53 bits per heavy atom. The number of carbonyl (C=O) groups is 1. The Hall–Kier alpha value is -2.76. The zero-order valence-corrected chi connectivity index (χ0v) is 17.7. The molecule has 13 heteroatoms. The first kappa shape index (κ1) is 23.5. The molecule has 0 aliphatic heterocycles. The van der Waals surface area contributed by atoms with Crippen LogP contribution in [0.3, 0.4) is 0 Å². The Morgan fingerprint density at radius 1 is 1.17 bits per heavy atom. The first-order valence-corrected chi connectivity index (χ1v) is 9.99. The van der Waals surface area contributed by atoms with Gasteiger partial charge in [0.15, 0.2) is 0 Å². The van der Waals surface area contributed by atoms with E-state index in [2.05, 4.69) is 15.0 Å². The molecule has 0 radical (unpaired) electrons. The van der Waals surface area contributed by atoms with Crippen LogP contribution < -0.4 is 5.32 Å². The fourth-order valence-corrected chi connectivity index (χ4v) is 3.59. The van der Waals surface area contributed by atoms with Gasteiger partial charge in [-0.25, -0.2) is 0 Å². The summed E-state index contributed by atoms with van der Waals surface area (Å²) in [7, 11) is 0. The molecule has 2 aromatic rings. The highest BCUT2D eigenvalue weighted by molar-refractivity contribution is 8.14. The van der Waals surface area contributed by atoms with Crippen LogP contribution in [0.25, 0.3) is 0 Å². The molecule has 0 saturated carbocycles. The van der Waals surface area contributed by atoms with E-state index < -0.39 is 28.0 Å². The monoisotopic (exact) mass is 475 g/mol. The molecule has 0 spiro atoms. The second-order valence-corrected chi connectivity index (χ2v) is 7.57. The van der Waals surface area contributed by atoms with Gasteiger partial charge < -0.3 is 15.0 Å². The number of aryl methyl sites for hydroxylation is 1. The number of nitrogens with zero attached hydrogens (tertiary/aromatic N) is 2. The standard InChI is InChI=1S/C17H15Cl2N3O7S/c1-10-6-7-13(18)16(15(10)19)20-14-5-3-2-4-12(14)17(23)30-9-11(29-22(26)27)8-28-21(24)25/h2-7,11,20H,8-9H2,1H3. The first-order valence-electron chi connectivity index (χ1n) is 8.25. The molecule has 0 aliphatic rings. The largest absolute Gasteiger partial charge is 0.352 e. The van der Waals surface area contributed by atoms with Crippen molar-refractivity contribution in [3.8, 4) is 0 Å². The lowest BCUT2D eigenvalue weighted by molar-refractivity contribution is -0.788. The third-order valence-electron chi connectivity index (χ3n) is 3.69. The molecule has 2 aromatic carbocycles. The van der Waals surface area contributed by atoms with E-state index in [1.54, 1.807) is 43.3 Å². The van der Waals surface area contributed by atoms with Gasteiger partial charge >= 0.3 is 0 Å². The molecular weight excluding hydrogens is 461 g/mol. The average molecular weight is 476 g/mol. The molecular formula is C17H15Cl2N3O7S. The molecule has 0 aliphatic carbocycles. The number of para-hydroxylation sites is 1. The van der Waals surface area contributed by atoms with Crippen molar-refractivity contribution in [2.45, 2.75) is 13.0 Å². The van der Waals surface area contributed by atoms with Crippen LogP contribution in [-0.4, -0.2) is 33.8 Å². The summed E-state index contributed by atoms with van der Waals surface area (Å²) in [5, 5.41) is 22.0. The van der Waals surface area contributed by atoms with Crippen LogP contribution in [-0.2, 0) is 9.68 Å². The Morgan fingerprint density at radius 2 is 1.87 bits per heavy atom. The van der Waals surface area contributed by atoms with Crippen LogP contribution >= 0.6 is 35.0 Å². The number of rotatable bonds is 10. The second-order valence-electron chi connectivity index (χ2n) is 5.79. The van der Waals surface area contributed by atoms with Gasteiger partial charge in [-0.15, -0.1) is 20.2 Å². The number of hydrogen-bond acceptors (Lipinski definition) is 9. The molecule has 0 amide bonds. The molecule has 2 rings (SSSR count). The quantitative estimate of drug-likeness (QED) is 0.382. The molecule has 1 atom stereocenters. The summed E-state index contributed by atoms with van der Waals surface area (Å²) in [6, 6.07) is 9.95. The number of benzene rings is 2. The van der Waals surface area contributed by atoms with Gasteiger partial charge in [0.25, 0.3) is 10.2 Å². The summed E-state index contributed by atoms with van der Waals surface area (Å²) in [5.41, 5.74) is 1.88. The van der Waals surface area contributed by atoms with Gasteiger partial charge in [-0.05, 0) is 30.7 Å². The number of thioether (sulfide) groups is 1. The lowest BCUT2D eigenvalue weighted by Crippen LogP contribution is -2.27. The smallest absolute Gasteiger partial charge is 0.294 e. The maximum absolute atomic E-state index is 12.7. The van der Waals surface area contributed by atoms with Crippen LogP contribution in [0.15, 0.2) is 36.4 Å². The molecule has 30 heavy (non-hydrogen) atoms. The van der Waals surface area contributed by atoms with Crippen LogP contribution in [0, 0.1) is 27.2 Å². The van der Waals surface area contributed by atoms with Gasteiger partial charge in [0, 0.05) is 5.75 Å². The summed E-state index contributed by atoms with van der Waals surface area (Å²) in [5.74, 6) is -0.242. The molecule has 1 N–H and O–H groups in total. The van der Waals surface area contributed by atoms with Crippen molar-refractivity contribution in [3.63, 3.8) is 0 Å². The van der Waals surface area contributed by atoms with E-state index in [9.17, 15) is 25.0 Å². The lowest BCUT2D eigenvalue weighted by atomic mass is 10.1. The first-order chi connectivity index (χ1) is 14.2. The third kappa shape index (κ3) is 6.65. The number of anilines is 2. The molecule has 160 valence electrons. The average Bonchev–Trinajstić information content (AvgIpc) is 2.70. The summed E-state index contributed by atoms with van der Waals surface area (Å²) in [6.07, 6.45) is -1.31. The van der Waals surface area contributed by atoms with Gasteiger partial charge in [0.2, 0.25) is 5.12 Å². The zero-order chi connectivity index (χ0) is 22.3. The van der Waals surface area contributed by atoms with Gasteiger partial charge in [-0.3, -0.25) is 4.79 Å². The summed E-state index contributed by atoms with van der Waals surface area (Å²) in [6.45, 7) is 1.11. The summed E-state index contributed by atoms with van der Waals surface area (Å²) < 4.78 is 0. The van der Waals surface area contributed by atoms with E-state index in [4.69, 9.17) is 23.2 Å². The fraction of sp³-hybridized carbons (Fsp3) is 0.235. The van der Waals surface area contributed by atoms with Crippen molar-refractivity contribution in [2.24, 2.45) is 0 Å². The van der Waals surface area contributed by atoms with Crippen molar-refractivity contribution >= 4 is 51.5 Å². The van der Waals surface area contributed by atoms with E-state index in [1.807, 2.05) is 0 Å². The molecule has 10 nitrogen and oxygen atoms in total. The van der Waals surface area contributed by atoms with Crippen molar-refractivity contribution in [1.82, 2.24) is 0 Å². The minimum absolute atomic E-state index is 0.242. The number of carbonyl (C=O) groups excluding carboxylic acids is 1. The van der Waals surface area contributed by atoms with E-state index in [1.165, 1.54) is 0 Å². The van der Waals surface area contributed by atoms with E-state index >= 15 is 0 Å². The highest BCUT2D eigenvalue weighted by atomic mass is 35.5. The topological polar surface area (TPSA) is 134 Å². The third-order valence-corrected chi connectivity index (χ3v) is 5.51. The molecule has 0 bridgehead atoms. The van der Waals surface area contributed by atoms with E-state index in [-0.39, 0.29) is 11.3 Å². The zero-order valence-electron chi connectivity index (χ0n) is 15.4. The van der Waals surface area contributed by atoms with Crippen molar-refractivity contribution < 1.29 is 24.6 Å². The van der Waals surface area contributed by atoms with Crippen molar-refractivity contribution in [3.05, 3.63) is 77.8 Å². The van der Waals surface area contributed by atoms with Crippen LogP contribution in [0.5, 0.6) is 0 Å². The minimum atomic E-state index is -1.31. The SMILES string of the molecule is Cc1ccc(Cl)c(Nc2ccccc2C(=O)SCC(CO[N+](=O)[O-])O[N+](=O)[O-])c1Cl. The number of halogens is 2. The van der Waals surface area contributed by atoms with E-state index in [0.717, 1.165) is 5.56 Å². The molecule has 0 fully saturated rings. The second kappa shape index (κ2) is 10.9. The van der Waals surface area contributed by atoms with Crippen LogP contribution in [0.1, 0.15) is 15.9 Å². The Labute approximate surface area is 184 Å². The maximum Gasteiger partial charge on any atom is 0.294 e. The van der Waals surface area contributed by atoms with Gasteiger partial charge in [0.05, 0.1) is 27.0 Å². The minimum Gasteiger partial charge on any atom is -0.352 e. The highest BCUT2D eigenvalue weighted by Crippen LogP contribution is 2.36. The number of hydrogen-bond donors (Lipinski definition) is 1. The van der Waals surface area contributed by atoms with Crippen molar-refractivity contribution in [1.29, 1.82) is 0 Å². The van der Waals surface area contributed by atoms with E-state index in [0.29, 0.717) is 33.2 Å². The predicted molar refractivity (Wildman–Crippen MR) is 113 cm³/mol. The lowest BCUT2D eigenvalue weighted by Gasteiger charge is -2.16. The Kier molecular flexibility index (Phi) is 8.51. The maximum atomic E-state index is 12.7. The fourth-order valence-electron chi connectivity index (χ4n) is 2.30. The van der Waals surface area contributed by atoms with Crippen LogP contribution in [0.2, 0.25) is 10.0 Å². The molecule has 0 saturated heterocycles. The van der Waals surface area contributed by atoms with Crippen LogP contribution in [0.4, 0.5) is 11.4 Å². The van der Waals surface area contributed by atoms with Crippen molar-refractivity contribution in [2.75, 3.05) is 17.7 Å². The molecule has 0 heterocycles. The Bertz CT molecular complexity index is 961. The molecule has 0 aromatic heterocycles. The summed E-state index contributed by atoms with van der Waals surface area (Å²) in [4.78, 5) is 42.0. The Balaban J connectivity index is 2.16. The molecule has 1 unspecified atom stereocenters. The number of nitrogens with one attached hydrogen (secondary N) is 1. The summed E-state index contributed by atoms with van der Waals surface area (Å²) >= 11 is 13.2. The van der Waals surface area contributed by atoms with Gasteiger partial charge in [-0.2, -0.15) is 0 Å². The predicted octanol–water partition coefficient (Wildman–Crippen LogP) is 4.70. The highest BCUT2D eigenvalue weighted by Gasteiger charge is 2.20.